The molecule has 0 radical (unpaired) electrons. The molecule has 4 nitrogen and oxygen atoms in total. The summed E-state index contributed by atoms with van der Waals surface area (Å²) in [5.74, 6) is -0.761. The van der Waals surface area contributed by atoms with Crippen LogP contribution in [-0.4, -0.2) is 24.6 Å². The van der Waals surface area contributed by atoms with Gasteiger partial charge in [-0.1, -0.05) is 24.8 Å². The maximum absolute atomic E-state index is 12.1. The molecule has 0 saturated carbocycles. The molecule has 0 bridgehead atoms. The van der Waals surface area contributed by atoms with E-state index in [0.717, 1.165) is 0 Å². The van der Waals surface area contributed by atoms with Gasteiger partial charge in [-0.05, 0) is 26.0 Å². The fraction of sp³-hybridized carbons (Fsp3) is 0.312. The van der Waals surface area contributed by atoms with Crippen molar-refractivity contribution in [1.82, 2.24) is 0 Å². The van der Waals surface area contributed by atoms with Gasteiger partial charge in [-0.15, -0.1) is 5.73 Å². The van der Waals surface area contributed by atoms with E-state index in [9.17, 15) is 9.59 Å². The minimum atomic E-state index is -0.707. The number of hydrogen-bond donors (Lipinski definition) is 0. The third kappa shape index (κ3) is 4.50. The van der Waals surface area contributed by atoms with Gasteiger partial charge in [-0.2, -0.15) is 0 Å². The Morgan fingerprint density at radius 2 is 2.00 bits per heavy atom. The summed E-state index contributed by atoms with van der Waals surface area (Å²) in [5.41, 5.74) is 3.18. The molecule has 0 heterocycles. The van der Waals surface area contributed by atoms with Crippen molar-refractivity contribution in [3.05, 3.63) is 53.8 Å². The lowest BCUT2D eigenvalue weighted by atomic mass is 10.0. The minimum absolute atomic E-state index is 0.184. The van der Waals surface area contributed by atoms with E-state index in [1.807, 2.05) is 6.92 Å². The van der Waals surface area contributed by atoms with Gasteiger partial charge in [-0.3, -0.25) is 4.79 Å². The smallest absolute Gasteiger partial charge is 0.341 e. The Labute approximate surface area is 118 Å². The molecule has 1 aromatic rings. The third-order valence-corrected chi connectivity index (χ3v) is 2.57. The molecule has 0 aliphatic carbocycles. The van der Waals surface area contributed by atoms with Crippen LogP contribution in [0.3, 0.4) is 0 Å². The predicted molar refractivity (Wildman–Crippen MR) is 75.6 cm³/mol. The quantitative estimate of drug-likeness (QED) is 0.332. The van der Waals surface area contributed by atoms with Gasteiger partial charge in [0.1, 0.15) is 0 Å². The Bertz CT molecular complexity index is 527. The number of ether oxygens (including phenoxy) is 2. The summed E-state index contributed by atoms with van der Waals surface area (Å²) in [5, 5.41) is 0. The summed E-state index contributed by atoms with van der Waals surface area (Å²) in [4.78, 5) is 23.6. The van der Waals surface area contributed by atoms with Gasteiger partial charge in [0.25, 0.3) is 0 Å². The lowest BCUT2D eigenvalue weighted by Crippen LogP contribution is -2.22. The number of rotatable bonds is 7. The molecule has 106 valence electrons. The molecule has 0 aliphatic rings. The van der Waals surface area contributed by atoms with Crippen molar-refractivity contribution in [2.75, 3.05) is 6.61 Å². The zero-order valence-electron chi connectivity index (χ0n) is 11.7. The van der Waals surface area contributed by atoms with Crippen molar-refractivity contribution in [1.29, 1.82) is 0 Å². The molecule has 0 fully saturated rings. The van der Waals surface area contributed by atoms with E-state index >= 15 is 0 Å². The Morgan fingerprint density at radius 3 is 2.55 bits per heavy atom. The standard InChI is InChI=1S/C16H18O4/c1-4-6-11-15(19-5-2)20-16(18)14-10-8-7-9-13(14)12(3)17/h6-10,15H,1,5,11H2,2-3H3. The van der Waals surface area contributed by atoms with Crippen LogP contribution in [0.15, 0.2) is 42.7 Å². The van der Waals surface area contributed by atoms with E-state index < -0.39 is 12.3 Å². The molecule has 1 aromatic carbocycles. The van der Waals surface area contributed by atoms with Crippen LogP contribution in [0.5, 0.6) is 0 Å². The van der Waals surface area contributed by atoms with Gasteiger partial charge < -0.3 is 9.47 Å². The van der Waals surface area contributed by atoms with Crippen molar-refractivity contribution in [2.45, 2.75) is 26.6 Å². The van der Waals surface area contributed by atoms with Crippen LogP contribution in [-0.2, 0) is 9.47 Å². The van der Waals surface area contributed by atoms with Crippen molar-refractivity contribution in [2.24, 2.45) is 0 Å². The van der Waals surface area contributed by atoms with Crippen LogP contribution >= 0.6 is 0 Å². The molecule has 0 aliphatic heterocycles. The summed E-state index contributed by atoms with van der Waals surface area (Å²) in [6.07, 6.45) is 1.29. The molecule has 1 rings (SSSR count). The number of carbonyl (C=O) groups is 2. The number of esters is 1. The van der Waals surface area contributed by atoms with Gasteiger partial charge in [0.15, 0.2) is 5.78 Å². The average molecular weight is 274 g/mol. The highest BCUT2D eigenvalue weighted by atomic mass is 16.7. The van der Waals surface area contributed by atoms with Crippen molar-refractivity contribution < 1.29 is 19.1 Å². The van der Waals surface area contributed by atoms with Gasteiger partial charge in [0.2, 0.25) is 6.29 Å². The molecule has 0 aromatic heterocycles. The second kappa shape index (κ2) is 8.10. The first-order valence-electron chi connectivity index (χ1n) is 6.37. The zero-order valence-corrected chi connectivity index (χ0v) is 11.7. The molecule has 20 heavy (non-hydrogen) atoms. The van der Waals surface area contributed by atoms with Crippen LogP contribution in [0.4, 0.5) is 0 Å². The van der Waals surface area contributed by atoms with E-state index in [1.54, 1.807) is 30.3 Å². The zero-order chi connectivity index (χ0) is 15.0. The first kappa shape index (κ1) is 15.9. The van der Waals surface area contributed by atoms with Crippen LogP contribution in [0.2, 0.25) is 0 Å². The topological polar surface area (TPSA) is 52.6 Å². The highest BCUT2D eigenvalue weighted by Crippen LogP contribution is 2.13. The molecule has 0 N–H and O–H groups in total. The number of Topliss-reactive ketones (excluding diaryl/α,β-unsaturated/α-hetero) is 1. The molecule has 4 heteroatoms. The first-order valence-corrected chi connectivity index (χ1v) is 6.37. The van der Waals surface area contributed by atoms with Gasteiger partial charge in [0, 0.05) is 18.6 Å². The minimum Gasteiger partial charge on any atom is -0.432 e. The summed E-state index contributed by atoms with van der Waals surface area (Å²) in [6, 6.07) is 6.54. The Kier molecular flexibility index (Phi) is 6.44. The average Bonchev–Trinajstić information content (AvgIpc) is 2.44. The number of hydrogen-bond acceptors (Lipinski definition) is 4. The number of benzene rings is 1. The maximum Gasteiger partial charge on any atom is 0.341 e. The SMILES string of the molecule is C=C=CCC(OCC)OC(=O)c1ccccc1C(C)=O. The van der Waals surface area contributed by atoms with Gasteiger partial charge in [-0.25, -0.2) is 4.79 Å². The van der Waals surface area contributed by atoms with Crippen molar-refractivity contribution in [3.63, 3.8) is 0 Å². The number of carbonyl (C=O) groups excluding carboxylic acids is 2. The maximum atomic E-state index is 12.1. The summed E-state index contributed by atoms with van der Waals surface area (Å²) in [7, 11) is 0. The molecule has 0 saturated heterocycles. The monoisotopic (exact) mass is 274 g/mol. The van der Waals surface area contributed by atoms with Crippen LogP contribution in [0, 0.1) is 0 Å². The van der Waals surface area contributed by atoms with E-state index in [1.165, 1.54) is 6.92 Å². The molecule has 0 spiro atoms. The van der Waals surface area contributed by atoms with Gasteiger partial charge in [0.05, 0.1) is 5.56 Å². The Hall–Kier alpha value is -2.16. The summed E-state index contributed by atoms with van der Waals surface area (Å²) < 4.78 is 10.6. The van der Waals surface area contributed by atoms with E-state index in [0.29, 0.717) is 18.6 Å². The second-order valence-electron chi connectivity index (χ2n) is 4.04. The fourth-order valence-corrected chi connectivity index (χ4v) is 1.67. The lowest BCUT2D eigenvalue weighted by molar-refractivity contribution is -0.103. The summed E-state index contributed by atoms with van der Waals surface area (Å²) >= 11 is 0. The lowest BCUT2D eigenvalue weighted by Gasteiger charge is -2.16. The Balaban J connectivity index is 2.88. The first-order chi connectivity index (χ1) is 9.60. The highest BCUT2D eigenvalue weighted by molar-refractivity contribution is 6.05. The van der Waals surface area contributed by atoms with Crippen LogP contribution < -0.4 is 0 Å². The van der Waals surface area contributed by atoms with Crippen LogP contribution in [0.1, 0.15) is 41.0 Å². The summed E-state index contributed by atoms with van der Waals surface area (Å²) in [6.45, 7) is 7.08. The predicted octanol–water partition coefficient (Wildman–Crippen LogP) is 3.14. The Morgan fingerprint density at radius 1 is 1.35 bits per heavy atom. The van der Waals surface area contributed by atoms with Gasteiger partial charge >= 0.3 is 5.97 Å². The molecule has 0 amide bonds. The second-order valence-corrected chi connectivity index (χ2v) is 4.04. The van der Waals surface area contributed by atoms with E-state index in [4.69, 9.17) is 9.47 Å². The fourth-order valence-electron chi connectivity index (χ4n) is 1.67. The van der Waals surface area contributed by atoms with E-state index in [-0.39, 0.29) is 11.3 Å². The number of ketones is 1. The third-order valence-electron chi connectivity index (χ3n) is 2.57. The van der Waals surface area contributed by atoms with E-state index in [2.05, 4.69) is 12.3 Å². The molecule has 1 atom stereocenters. The molecule has 1 unspecified atom stereocenters. The molecular formula is C16H18O4. The van der Waals surface area contributed by atoms with Crippen molar-refractivity contribution >= 4 is 11.8 Å². The normalized spacial score (nSPS) is 11.3. The van der Waals surface area contributed by atoms with Crippen molar-refractivity contribution in [3.8, 4) is 0 Å². The molecular weight excluding hydrogens is 256 g/mol. The highest BCUT2D eigenvalue weighted by Gasteiger charge is 2.19. The van der Waals surface area contributed by atoms with Crippen LogP contribution in [0.25, 0.3) is 0 Å². The largest absolute Gasteiger partial charge is 0.432 e.